The lowest BCUT2D eigenvalue weighted by Crippen LogP contribution is -2.49. The molecule has 0 saturated carbocycles. The van der Waals surface area contributed by atoms with Crippen molar-refractivity contribution in [2.75, 3.05) is 13.1 Å². The van der Waals surface area contributed by atoms with Crippen LogP contribution in [0.1, 0.15) is 31.4 Å². The molecule has 0 aromatic heterocycles. The van der Waals surface area contributed by atoms with Gasteiger partial charge in [-0.1, -0.05) is 38.1 Å². The van der Waals surface area contributed by atoms with E-state index < -0.39 is 0 Å². The van der Waals surface area contributed by atoms with E-state index in [-0.39, 0.29) is 5.54 Å². The molecule has 1 heterocycles. The first kappa shape index (κ1) is 11.6. The summed E-state index contributed by atoms with van der Waals surface area (Å²) >= 11 is 0. The largest absolute Gasteiger partial charge is 0.370 e. The Morgan fingerprint density at radius 1 is 1.39 bits per heavy atom. The van der Waals surface area contributed by atoms with E-state index in [9.17, 15) is 0 Å². The van der Waals surface area contributed by atoms with Gasteiger partial charge in [0.25, 0.3) is 0 Å². The van der Waals surface area contributed by atoms with Gasteiger partial charge in [-0.25, -0.2) is 0 Å². The van der Waals surface area contributed by atoms with Gasteiger partial charge in [0.15, 0.2) is 5.96 Å². The molecule has 2 aliphatic rings. The molecule has 0 fully saturated rings. The number of nitrogens with two attached hydrogens (primary N) is 1. The fourth-order valence-corrected chi connectivity index (χ4v) is 3.35. The molecular formula is C15H21N3. The first-order chi connectivity index (χ1) is 8.63. The molecule has 1 aromatic rings. The monoisotopic (exact) mass is 243 g/mol. The van der Waals surface area contributed by atoms with E-state index in [1.165, 1.54) is 11.1 Å². The molecule has 1 unspecified atom stereocenters. The van der Waals surface area contributed by atoms with E-state index in [0.717, 1.165) is 31.9 Å². The molecule has 1 aliphatic heterocycles. The van der Waals surface area contributed by atoms with Crippen LogP contribution in [0.15, 0.2) is 29.3 Å². The number of rotatable bonds is 2. The van der Waals surface area contributed by atoms with Gasteiger partial charge in [-0.15, -0.1) is 0 Å². The Morgan fingerprint density at radius 3 is 2.94 bits per heavy atom. The van der Waals surface area contributed by atoms with Gasteiger partial charge in [0.2, 0.25) is 0 Å². The van der Waals surface area contributed by atoms with Crippen molar-refractivity contribution in [3.8, 4) is 0 Å². The summed E-state index contributed by atoms with van der Waals surface area (Å²) in [7, 11) is 0. The Labute approximate surface area is 109 Å². The second-order valence-corrected chi connectivity index (χ2v) is 5.87. The van der Waals surface area contributed by atoms with Crippen LogP contribution in [-0.4, -0.2) is 23.9 Å². The number of guanidine groups is 1. The molecule has 0 saturated heterocycles. The molecule has 0 bridgehead atoms. The van der Waals surface area contributed by atoms with E-state index in [1.807, 2.05) is 0 Å². The molecule has 1 spiro atoms. The molecule has 0 radical (unpaired) electrons. The lowest BCUT2D eigenvalue weighted by Gasteiger charge is -2.38. The summed E-state index contributed by atoms with van der Waals surface area (Å²) in [6.07, 6.45) is 2.29. The fraction of sp³-hybridized carbons (Fsp3) is 0.533. The SMILES string of the molecule is CC(C)CN1C(N)=NCC12CCc1ccccc12. The minimum atomic E-state index is 0.0466. The summed E-state index contributed by atoms with van der Waals surface area (Å²) in [6.45, 7) is 6.28. The summed E-state index contributed by atoms with van der Waals surface area (Å²) in [5, 5.41) is 0. The highest BCUT2D eigenvalue weighted by Gasteiger charge is 2.47. The molecule has 1 aliphatic carbocycles. The quantitative estimate of drug-likeness (QED) is 0.864. The highest BCUT2D eigenvalue weighted by Crippen LogP contribution is 2.44. The van der Waals surface area contributed by atoms with Crippen LogP contribution >= 0.6 is 0 Å². The van der Waals surface area contributed by atoms with Gasteiger partial charge >= 0.3 is 0 Å². The predicted molar refractivity (Wildman–Crippen MR) is 74.5 cm³/mol. The molecule has 3 rings (SSSR count). The summed E-state index contributed by atoms with van der Waals surface area (Å²) in [4.78, 5) is 6.86. The van der Waals surface area contributed by atoms with Gasteiger partial charge in [0, 0.05) is 6.54 Å². The topological polar surface area (TPSA) is 41.6 Å². The maximum absolute atomic E-state index is 6.11. The maximum atomic E-state index is 6.11. The Balaban J connectivity index is 2.01. The molecule has 1 atom stereocenters. The van der Waals surface area contributed by atoms with Crippen LogP contribution in [-0.2, 0) is 12.0 Å². The minimum Gasteiger partial charge on any atom is -0.370 e. The number of aryl methyl sites for hydroxylation is 1. The first-order valence-corrected chi connectivity index (χ1v) is 6.79. The van der Waals surface area contributed by atoms with Gasteiger partial charge < -0.3 is 10.6 Å². The van der Waals surface area contributed by atoms with Crippen molar-refractivity contribution in [1.82, 2.24) is 4.90 Å². The highest BCUT2D eigenvalue weighted by molar-refractivity contribution is 5.81. The van der Waals surface area contributed by atoms with Gasteiger partial charge in [0.1, 0.15) is 0 Å². The lowest BCUT2D eigenvalue weighted by atomic mass is 9.90. The van der Waals surface area contributed by atoms with E-state index in [2.05, 4.69) is 48.0 Å². The summed E-state index contributed by atoms with van der Waals surface area (Å²) in [6, 6.07) is 8.76. The number of hydrogen-bond donors (Lipinski definition) is 1. The normalized spacial score (nSPS) is 25.9. The number of fused-ring (bicyclic) bond motifs is 2. The van der Waals surface area contributed by atoms with Crippen molar-refractivity contribution >= 4 is 5.96 Å². The van der Waals surface area contributed by atoms with Gasteiger partial charge in [-0.2, -0.15) is 0 Å². The van der Waals surface area contributed by atoms with Crippen LogP contribution < -0.4 is 5.73 Å². The average Bonchev–Trinajstić information content (AvgIpc) is 2.87. The van der Waals surface area contributed by atoms with Crippen LogP contribution in [0.25, 0.3) is 0 Å². The van der Waals surface area contributed by atoms with Crippen molar-refractivity contribution in [3.05, 3.63) is 35.4 Å². The van der Waals surface area contributed by atoms with Crippen molar-refractivity contribution in [2.45, 2.75) is 32.2 Å². The maximum Gasteiger partial charge on any atom is 0.192 e. The Hall–Kier alpha value is -1.51. The van der Waals surface area contributed by atoms with Crippen LogP contribution in [0.5, 0.6) is 0 Å². The highest BCUT2D eigenvalue weighted by atomic mass is 15.4. The number of benzene rings is 1. The molecule has 2 N–H and O–H groups in total. The van der Waals surface area contributed by atoms with Gasteiger partial charge in [0.05, 0.1) is 12.1 Å². The van der Waals surface area contributed by atoms with Crippen LogP contribution in [0.3, 0.4) is 0 Å². The summed E-state index contributed by atoms with van der Waals surface area (Å²) < 4.78 is 0. The van der Waals surface area contributed by atoms with Gasteiger partial charge in [-0.3, -0.25) is 4.99 Å². The molecule has 1 aromatic carbocycles. The first-order valence-electron chi connectivity index (χ1n) is 6.79. The van der Waals surface area contributed by atoms with Crippen molar-refractivity contribution in [1.29, 1.82) is 0 Å². The lowest BCUT2D eigenvalue weighted by molar-refractivity contribution is 0.183. The Kier molecular flexibility index (Phi) is 2.58. The molecule has 3 nitrogen and oxygen atoms in total. The zero-order valence-corrected chi connectivity index (χ0v) is 11.2. The van der Waals surface area contributed by atoms with E-state index in [1.54, 1.807) is 0 Å². The van der Waals surface area contributed by atoms with Gasteiger partial charge in [-0.05, 0) is 29.9 Å². The zero-order valence-electron chi connectivity index (χ0n) is 11.2. The van der Waals surface area contributed by atoms with Crippen molar-refractivity contribution in [3.63, 3.8) is 0 Å². The predicted octanol–water partition coefficient (Wildman–Crippen LogP) is 2.11. The van der Waals surface area contributed by atoms with Crippen LogP contribution in [0.4, 0.5) is 0 Å². The van der Waals surface area contributed by atoms with E-state index in [4.69, 9.17) is 5.73 Å². The standard InChI is InChI=1S/C15H21N3/c1-11(2)9-18-14(16)17-10-15(18)8-7-12-5-3-4-6-13(12)15/h3-6,11H,7-10H2,1-2H3,(H2,16,17). The average molecular weight is 243 g/mol. The second-order valence-electron chi connectivity index (χ2n) is 5.87. The number of aliphatic imine (C=N–C) groups is 1. The van der Waals surface area contributed by atoms with Crippen molar-refractivity contribution in [2.24, 2.45) is 16.6 Å². The Morgan fingerprint density at radius 2 is 2.17 bits per heavy atom. The smallest absolute Gasteiger partial charge is 0.192 e. The van der Waals surface area contributed by atoms with Crippen molar-refractivity contribution < 1.29 is 0 Å². The minimum absolute atomic E-state index is 0.0466. The van der Waals surface area contributed by atoms with E-state index >= 15 is 0 Å². The summed E-state index contributed by atoms with van der Waals surface area (Å²) in [5.74, 6) is 1.32. The molecule has 18 heavy (non-hydrogen) atoms. The van der Waals surface area contributed by atoms with Crippen LogP contribution in [0.2, 0.25) is 0 Å². The molecule has 0 amide bonds. The zero-order chi connectivity index (χ0) is 12.8. The van der Waals surface area contributed by atoms with E-state index in [0.29, 0.717) is 5.92 Å². The summed E-state index contributed by atoms with van der Waals surface area (Å²) in [5.41, 5.74) is 9.07. The third-order valence-electron chi connectivity index (χ3n) is 4.17. The van der Waals surface area contributed by atoms with Crippen LogP contribution in [0, 0.1) is 5.92 Å². The molecule has 96 valence electrons. The Bertz CT molecular complexity index is 492. The molecule has 3 heteroatoms. The number of nitrogens with zero attached hydrogens (tertiary/aromatic N) is 2. The third-order valence-corrected chi connectivity index (χ3v) is 4.17. The second kappa shape index (κ2) is 4.01. The fourth-order valence-electron chi connectivity index (χ4n) is 3.35. The third kappa shape index (κ3) is 1.53. The number of hydrogen-bond acceptors (Lipinski definition) is 3. The molecular weight excluding hydrogens is 222 g/mol.